The first-order chi connectivity index (χ1) is 9.76. The van der Waals surface area contributed by atoms with E-state index in [0.29, 0.717) is 6.61 Å². The van der Waals surface area contributed by atoms with Gasteiger partial charge in [-0.25, -0.2) is 9.37 Å². The lowest BCUT2D eigenvalue weighted by Gasteiger charge is -2.09. The molecule has 0 bridgehead atoms. The Balaban J connectivity index is 1.93. The summed E-state index contributed by atoms with van der Waals surface area (Å²) in [6.45, 7) is 2.54. The van der Waals surface area contributed by atoms with Crippen LogP contribution in [0.1, 0.15) is 6.92 Å². The molecule has 0 amide bonds. The van der Waals surface area contributed by atoms with Crippen molar-refractivity contribution in [2.45, 2.75) is 6.92 Å². The Hall–Kier alpha value is -2.14. The normalized spacial score (nSPS) is 10.7. The minimum atomic E-state index is -0.248. The molecule has 2 aromatic carbocycles. The number of fused-ring (bicyclic) bond motifs is 1. The highest BCUT2D eigenvalue weighted by Crippen LogP contribution is 2.32. The molecule has 0 unspecified atom stereocenters. The largest absolute Gasteiger partial charge is 0.492 e. The average molecular weight is 288 g/mol. The van der Waals surface area contributed by atoms with Crippen molar-refractivity contribution in [3.05, 3.63) is 48.3 Å². The van der Waals surface area contributed by atoms with Gasteiger partial charge in [0.2, 0.25) is 0 Å². The summed E-state index contributed by atoms with van der Waals surface area (Å²) < 4.78 is 19.6. The van der Waals surface area contributed by atoms with Crippen LogP contribution in [0.4, 0.5) is 15.2 Å². The first kappa shape index (κ1) is 12.9. The van der Waals surface area contributed by atoms with Crippen LogP contribution in [0.5, 0.6) is 5.75 Å². The number of hydrogen-bond acceptors (Lipinski definition) is 4. The monoisotopic (exact) mass is 288 g/mol. The van der Waals surface area contributed by atoms with Gasteiger partial charge in [-0.05, 0) is 37.3 Å². The van der Waals surface area contributed by atoms with E-state index < -0.39 is 0 Å². The SMILES string of the molecule is CCOc1ccccc1Nc1nc2ccc(F)cc2s1. The van der Waals surface area contributed by atoms with Crippen LogP contribution in [-0.2, 0) is 0 Å². The predicted octanol–water partition coefficient (Wildman–Crippen LogP) is 4.58. The number of halogens is 1. The zero-order chi connectivity index (χ0) is 13.9. The molecule has 0 saturated heterocycles. The van der Waals surface area contributed by atoms with Crippen LogP contribution in [0.25, 0.3) is 10.2 Å². The summed E-state index contributed by atoms with van der Waals surface area (Å²) in [5.41, 5.74) is 1.64. The summed E-state index contributed by atoms with van der Waals surface area (Å²) in [5.74, 6) is 0.530. The van der Waals surface area contributed by atoms with Crippen LogP contribution >= 0.6 is 11.3 Å². The second-order valence-corrected chi connectivity index (χ2v) is 5.22. The number of rotatable bonds is 4. The Bertz CT molecular complexity index is 742. The Morgan fingerprint density at radius 2 is 2.10 bits per heavy atom. The molecule has 0 spiro atoms. The number of nitrogens with zero attached hydrogens (tertiary/aromatic N) is 1. The van der Waals surface area contributed by atoms with Gasteiger partial charge in [0.1, 0.15) is 11.6 Å². The summed E-state index contributed by atoms with van der Waals surface area (Å²) in [7, 11) is 0. The second kappa shape index (κ2) is 5.46. The molecule has 20 heavy (non-hydrogen) atoms. The number of thiazole rings is 1. The van der Waals surface area contributed by atoms with E-state index >= 15 is 0 Å². The topological polar surface area (TPSA) is 34.1 Å². The highest BCUT2D eigenvalue weighted by molar-refractivity contribution is 7.22. The maximum Gasteiger partial charge on any atom is 0.188 e. The van der Waals surface area contributed by atoms with E-state index in [1.54, 1.807) is 6.07 Å². The maximum atomic E-state index is 13.2. The predicted molar refractivity (Wildman–Crippen MR) is 80.5 cm³/mol. The van der Waals surface area contributed by atoms with Gasteiger partial charge in [0, 0.05) is 0 Å². The second-order valence-electron chi connectivity index (χ2n) is 4.19. The zero-order valence-electron chi connectivity index (χ0n) is 10.9. The molecule has 0 fully saturated rings. The summed E-state index contributed by atoms with van der Waals surface area (Å²) >= 11 is 1.42. The van der Waals surface area contributed by atoms with E-state index in [1.807, 2.05) is 31.2 Å². The Morgan fingerprint density at radius 1 is 1.25 bits per heavy atom. The highest BCUT2D eigenvalue weighted by atomic mass is 32.1. The number of hydrogen-bond donors (Lipinski definition) is 1. The van der Waals surface area contributed by atoms with Crippen molar-refractivity contribution >= 4 is 32.4 Å². The van der Waals surface area contributed by atoms with Crippen molar-refractivity contribution in [3.63, 3.8) is 0 Å². The van der Waals surface area contributed by atoms with E-state index in [1.165, 1.54) is 23.5 Å². The minimum absolute atomic E-state index is 0.248. The molecule has 5 heteroatoms. The van der Waals surface area contributed by atoms with Crippen molar-refractivity contribution < 1.29 is 9.13 Å². The molecule has 0 saturated carbocycles. The lowest BCUT2D eigenvalue weighted by atomic mass is 10.3. The number of benzene rings is 2. The molecule has 0 radical (unpaired) electrons. The molecule has 3 rings (SSSR count). The van der Waals surface area contributed by atoms with Gasteiger partial charge in [-0.3, -0.25) is 0 Å². The summed E-state index contributed by atoms with van der Waals surface area (Å²) in [6, 6.07) is 12.3. The number of para-hydroxylation sites is 2. The maximum absolute atomic E-state index is 13.2. The third-order valence-corrected chi connectivity index (χ3v) is 3.71. The molecular formula is C15H13FN2OS. The quantitative estimate of drug-likeness (QED) is 0.763. The number of anilines is 2. The third kappa shape index (κ3) is 2.58. The van der Waals surface area contributed by atoms with Crippen molar-refractivity contribution in [3.8, 4) is 5.75 Å². The van der Waals surface area contributed by atoms with Crippen LogP contribution in [0.15, 0.2) is 42.5 Å². The number of aromatic nitrogens is 1. The molecule has 0 aliphatic rings. The van der Waals surface area contributed by atoms with Crippen molar-refractivity contribution in [1.82, 2.24) is 4.98 Å². The molecule has 1 aromatic heterocycles. The highest BCUT2D eigenvalue weighted by Gasteiger charge is 2.08. The molecule has 102 valence electrons. The average Bonchev–Trinajstić information content (AvgIpc) is 2.82. The van der Waals surface area contributed by atoms with Crippen molar-refractivity contribution in [2.75, 3.05) is 11.9 Å². The van der Waals surface area contributed by atoms with E-state index in [0.717, 1.165) is 26.8 Å². The van der Waals surface area contributed by atoms with Gasteiger partial charge < -0.3 is 10.1 Å². The number of nitrogens with one attached hydrogen (secondary N) is 1. The van der Waals surface area contributed by atoms with Crippen LogP contribution < -0.4 is 10.1 Å². The molecule has 0 atom stereocenters. The fraction of sp³-hybridized carbons (Fsp3) is 0.133. The van der Waals surface area contributed by atoms with E-state index in [2.05, 4.69) is 10.3 Å². The molecular weight excluding hydrogens is 275 g/mol. The van der Waals surface area contributed by atoms with Crippen LogP contribution in [-0.4, -0.2) is 11.6 Å². The van der Waals surface area contributed by atoms with Crippen molar-refractivity contribution in [1.29, 1.82) is 0 Å². The van der Waals surface area contributed by atoms with Gasteiger partial charge in [-0.1, -0.05) is 23.5 Å². The molecule has 3 nitrogen and oxygen atoms in total. The van der Waals surface area contributed by atoms with Crippen LogP contribution in [0, 0.1) is 5.82 Å². The lowest BCUT2D eigenvalue weighted by molar-refractivity contribution is 0.342. The summed E-state index contributed by atoms with van der Waals surface area (Å²) in [6.07, 6.45) is 0. The van der Waals surface area contributed by atoms with Gasteiger partial charge in [0.05, 0.1) is 22.5 Å². The van der Waals surface area contributed by atoms with Crippen LogP contribution in [0.3, 0.4) is 0 Å². The standard InChI is InChI=1S/C15H13FN2OS/c1-2-19-13-6-4-3-5-11(13)17-15-18-12-8-7-10(16)9-14(12)20-15/h3-9H,2H2,1H3,(H,17,18). The smallest absolute Gasteiger partial charge is 0.188 e. The third-order valence-electron chi connectivity index (χ3n) is 2.78. The minimum Gasteiger partial charge on any atom is -0.492 e. The Labute approximate surface area is 120 Å². The van der Waals surface area contributed by atoms with Crippen LogP contribution in [0.2, 0.25) is 0 Å². The van der Waals surface area contributed by atoms with Crippen molar-refractivity contribution in [2.24, 2.45) is 0 Å². The molecule has 0 aliphatic heterocycles. The van der Waals surface area contributed by atoms with E-state index in [-0.39, 0.29) is 5.82 Å². The van der Waals surface area contributed by atoms with E-state index in [4.69, 9.17) is 4.74 Å². The summed E-state index contributed by atoms with van der Waals surface area (Å²) in [5, 5.41) is 3.95. The van der Waals surface area contributed by atoms with Gasteiger partial charge >= 0.3 is 0 Å². The first-order valence-corrected chi connectivity index (χ1v) is 7.13. The lowest BCUT2D eigenvalue weighted by Crippen LogP contribution is -1.97. The molecule has 3 aromatic rings. The molecule has 1 heterocycles. The fourth-order valence-electron chi connectivity index (χ4n) is 1.92. The zero-order valence-corrected chi connectivity index (χ0v) is 11.7. The summed E-state index contributed by atoms with van der Waals surface area (Å²) in [4.78, 5) is 4.44. The van der Waals surface area contributed by atoms with Gasteiger partial charge in [0.15, 0.2) is 5.13 Å². The van der Waals surface area contributed by atoms with Gasteiger partial charge in [-0.2, -0.15) is 0 Å². The number of ether oxygens (including phenoxy) is 1. The Morgan fingerprint density at radius 3 is 2.95 bits per heavy atom. The van der Waals surface area contributed by atoms with Gasteiger partial charge in [-0.15, -0.1) is 0 Å². The van der Waals surface area contributed by atoms with Gasteiger partial charge in [0.25, 0.3) is 0 Å². The fourth-order valence-corrected chi connectivity index (χ4v) is 2.82. The van der Waals surface area contributed by atoms with E-state index in [9.17, 15) is 4.39 Å². The first-order valence-electron chi connectivity index (χ1n) is 6.31. The molecule has 0 aliphatic carbocycles. The molecule has 1 N–H and O–H groups in total. The Kier molecular flexibility index (Phi) is 3.52.